The lowest BCUT2D eigenvalue weighted by Crippen LogP contribution is -2.71. The first-order chi connectivity index (χ1) is 36.9. The van der Waals surface area contributed by atoms with Gasteiger partial charge in [0.1, 0.15) is 35.7 Å². The lowest BCUT2D eigenvalue weighted by Gasteiger charge is -2.56. The van der Waals surface area contributed by atoms with E-state index in [0.29, 0.717) is 49.8 Å². The number of esters is 1. The maximum atomic E-state index is 14.6. The summed E-state index contributed by atoms with van der Waals surface area (Å²) in [5.74, 6) is -6.10. The summed E-state index contributed by atoms with van der Waals surface area (Å²) in [6.07, 6.45) is 10.9. The van der Waals surface area contributed by atoms with Crippen molar-refractivity contribution in [2.45, 2.75) is 200 Å². The Bertz CT molecular complexity index is 2340. The van der Waals surface area contributed by atoms with E-state index >= 15 is 0 Å². The van der Waals surface area contributed by atoms with Crippen molar-refractivity contribution in [3.63, 3.8) is 0 Å². The van der Waals surface area contributed by atoms with Crippen molar-refractivity contribution in [2.75, 3.05) is 12.3 Å². The summed E-state index contributed by atoms with van der Waals surface area (Å²) in [5, 5.41) is 55.9. The first-order valence-electron chi connectivity index (χ1n) is 28.5. The Morgan fingerprint density at radius 3 is 2.37 bits per heavy atom. The molecular formula is C60H92N6O12. The van der Waals surface area contributed by atoms with Crippen LogP contribution in [0.1, 0.15) is 139 Å². The zero-order valence-electron chi connectivity index (χ0n) is 47.7. The average Bonchev–Trinajstić information content (AvgIpc) is 3.51. The number of cyclic esters (lactones) is 1. The monoisotopic (exact) mass is 1090 g/mol. The normalized spacial score (nSPS) is 34.9. The highest BCUT2D eigenvalue weighted by Gasteiger charge is 2.57. The number of piperidine rings is 1. The van der Waals surface area contributed by atoms with Crippen LogP contribution in [0.2, 0.25) is 0 Å². The highest BCUT2D eigenvalue weighted by Crippen LogP contribution is 2.46. The number of fused-ring (bicyclic) bond motifs is 2. The number of anilines is 1. The molecule has 4 heterocycles. The third-order valence-electron chi connectivity index (χ3n) is 16.9. The minimum absolute atomic E-state index is 0.0225. The molecule has 4 aliphatic heterocycles. The van der Waals surface area contributed by atoms with E-state index in [1.165, 1.54) is 18.0 Å². The van der Waals surface area contributed by atoms with Gasteiger partial charge in [0.15, 0.2) is 0 Å². The van der Waals surface area contributed by atoms with E-state index in [9.17, 15) is 49.2 Å². The number of benzene rings is 1. The van der Waals surface area contributed by atoms with E-state index in [1.807, 2.05) is 52.8 Å². The van der Waals surface area contributed by atoms with Crippen molar-refractivity contribution < 1.29 is 58.7 Å². The van der Waals surface area contributed by atoms with Gasteiger partial charge in [-0.1, -0.05) is 110 Å². The van der Waals surface area contributed by atoms with Gasteiger partial charge in [-0.05, 0) is 93.9 Å². The van der Waals surface area contributed by atoms with Gasteiger partial charge in [-0.3, -0.25) is 29.0 Å². The van der Waals surface area contributed by atoms with Gasteiger partial charge in [0.2, 0.25) is 17.7 Å². The van der Waals surface area contributed by atoms with Gasteiger partial charge in [0, 0.05) is 67.5 Å². The summed E-state index contributed by atoms with van der Waals surface area (Å²) in [4.78, 5) is 82.3. The molecule has 0 saturated carbocycles. The summed E-state index contributed by atoms with van der Waals surface area (Å²) in [5.41, 5.74) is 10.00. The number of allylic oxidation sites excluding steroid dienone is 5. The van der Waals surface area contributed by atoms with Gasteiger partial charge in [-0.2, -0.15) is 0 Å². The molecule has 0 radical (unpaired) electrons. The molecule has 3 saturated heterocycles. The van der Waals surface area contributed by atoms with E-state index in [1.54, 1.807) is 63.3 Å². The second kappa shape index (κ2) is 29.3. The highest BCUT2D eigenvalue weighted by molar-refractivity contribution is 5.93. The van der Waals surface area contributed by atoms with E-state index in [-0.39, 0.29) is 73.5 Å². The summed E-state index contributed by atoms with van der Waals surface area (Å²) >= 11 is 0. The number of ether oxygens (including phenoxy) is 2. The molecule has 0 aliphatic carbocycles. The fourth-order valence-corrected chi connectivity index (χ4v) is 11.4. The van der Waals surface area contributed by atoms with E-state index < -0.39 is 102 Å². The van der Waals surface area contributed by atoms with Crippen LogP contribution in [0.25, 0.3) is 0 Å². The van der Waals surface area contributed by atoms with Crippen molar-refractivity contribution in [2.24, 2.45) is 47.3 Å². The van der Waals surface area contributed by atoms with Gasteiger partial charge in [-0.15, -0.1) is 0 Å². The number of hydrogen-bond acceptors (Lipinski definition) is 14. The number of aliphatic hydroxyl groups excluding tert-OH is 4. The maximum absolute atomic E-state index is 14.6. The molecule has 3 fully saturated rings. The van der Waals surface area contributed by atoms with Gasteiger partial charge in [0.25, 0.3) is 5.91 Å². The number of hydrazine groups is 1. The Morgan fingerprint density at radius 2 is 1.69 bits per heavy atom. The summed E-state index contributed by atoms with van der Waals surface area (Å²) < 4.78 is 12.9. The number of aliphatic hydroxyl groups is 4. The number of carbonyl (C=O) groups excluding carboxylic acids is 6. The van der Waals surface area contributed by atoms with Crippen LogP contribution in [-0.4, -0.2) is 128 Å². The number of carbonyl (C=O) groups is 6. The number of nitrogens with zero attached hydrogens (tertiary/aromatic N) is 1. The number of nitrogens with two attached hydrogens (primary N) is 1. The van der Waals surface area contributed by atoms with Crippen LogP contribution >= 0.6 is 0 Å². The minimum Gasteiger partial charge on any atom is -0.456 e. The van der Waals surface area contributed by atoms with Gasteiger partial charge in [0.05, 0.1) is 36.4 Å². The molecule has 2 bridgehead atoms. The van der Waals surface area contributed by atoms with Crippen LogP contribution in [0, 0.1) is 47.3 Å². The Morgan fingerprint density at radius 1 is 0.962 bits per heavy atom. The number of Topliss-reactive ketones (excluding diaryl/α,β-unsaturated/α-hetero) is 1. The molecule has 17 atom stereocenters. The van der Waals surface area contributed by atoms with Crippen LogP contribution in [0.4, 0.5) is 5.69 Å². The predicted octanol–water partition coefficient (Wildman–Crippen LogP) is 5.28. The Balaban J connectivity index is 1.35. The Hall–Kier alpha value is -5.24. The molecule has 1 spiro atoms. The van der Waals surface area contributed by atoms with Crippen LogP contribution in [0.15, 0.2) is 72.4 Å². The number of hydrogen-bond donors (Lipinski definition) is 9. The van der Waals surface area contributed by atoms with Crippen molar-refractivity contribution >= 4 is 41.1 Å². The first-order valence-corrected chi connectivity index (χ1v) is 28.5. The zero-order chi connectivity index (χ0) is 57.6. The van der Waals surface area contributed by atoms with E-state index in [2.05, 4.69) is 28.3 Å². The second-order valence-electron chi connectivity index (χ2n) is 23.2. The molecular weight excluding hydrogens is 997 g/mol. The number of amides is 4. The third kappa shape index (κ3) is 16.7. The Kier molecular flexibility index (Phi) is 23.9. The summed E-state index contributed by atoms with van der Waals surface area (Å²) in [6, 6.07) is 3.65. The predicted molar refractivity (Wildman–Crippen MR) is 298 cm³/mol. The smallest absolute Gasteiger partial charge is 0.325 e. The van der Waals surface area contributed by atoms with Crippen LogP contribution < -0.4 is 27.1 Å². The largest absolute Gasteiger partial charge is 0.456 e. The molecule has 4 amide bonds. The number of nitrogens with one attached hydrogen (secondary N) is 4. The molecule has 18 nitrogen and oxygen atoms in total. The molecule has 1 aromatic carbocycles. The standard InChI is InChI=1S/C60H92N6O12/c1-11-43-30-37(6)60(64-55(43)72)41(10)53(70)40(9)51(78-60)33-49(69)35(4)20-14-12-15-21-36(5)50-26-17-13-16-25-48(68)39(8)54(71)45(28-27-38(7)67)56(73)63-52(34(2)3)57(74)62-47(32-42-22-18-23-44(61)31-42)58(75)66-29-19-24-46(65-66)59(76)77-50/h12-13,15-18,21-23,25,31,34-35,37,39-41,43,45-54,65,68-71H,11,14,19-20,24,26-30,32-33,61H2,1-10H3,(H,62,74)(H,63,73)(H,64,72)/b15-12-,17-13+,25-16+,36-21+/t35-,37-,39-,40-,41-,43-,45+,46?,47-,48-,49-,50-,51+,52-,53-,54+,60+/m0/s1. The van der Waals surface area contributed by atoms with Crippen molar-refractivity contribution in [3.05, 3.63) is 77.9 Å². The average molecular weight is 1090 g/mol. The number of ketones is 1. The molecule has 18 heteroatoms. The molecule has 1 aromatic rings. The molecule has 1 unspecified atom stereocenters. The van der Waals surface area contributed by atoms with Crippen molar-refractivity contribution in [1.29, 1.82) is 0 Å². The van der Waals surface area contributed by atoms with Crippen LogP contribution in [0.5, 0.6) is 0 Å². The highest BCUT2D eigenvalue weighted by atomic mass is 16.5. The molecule has 10 N–H and O–H groups in total. The topological polar surface area (TPSA) is 279 Å². The quantitative estimate of drug-likeness (QED) is 0.0614. The van der Waals surface area contributed by atoms with Crippen molar-refractivity contribution in [1.82, 2.24) is 26.4 Å². The van der Waals surface area contributed by atoms with Crippen LogP contribution in [-0.2, 0) is 44.7 Å². The zero-order valence-corrected chi connectivity index (χ0v) is 47.7. The van der Waals surface area contributed by atoms with Crippen LogP contribution in [0.3, 0.4) is 0 Å². The first kappa shape index (κ1) is 63.6. The molecule has 78 heavy (non-hydrogen) atoms. The van der Waals surface area contributed by atoms with E-state index in [4.69, 9.17) is 15.2 Å². The van der Waals surface area contributed by atoms with Gasteiger partial charge in [-0.25, -0.2) is 5.43 Å². The van der Waals surface area contributed by atoms with Gasteiger partial charge < -0.3 is 56.4 Å². The minimum atomic E-state index is -1.42. The molecule has 5 rings (SSSR count). The Labute approximate surface area is 462 Å². The van der Waals surface area contributed by atoms with E-state index in [0.717, 1.165) is 12.0 Å². The summed E-state index contributed by atoms with van der Waals surface area (Å²) in [7, 11) is 0. The molecule has 4 aliphatic rings. The maximum Gasteiger partial charge on any atom is 0.325 e. The second-order valence-corrected chi connectivity index (χ2v) is 23.2. The van der Waals surface area contributed by atoms with Gasteiger partial charge >= 0.3 is 5.97 Å². The number of rotatable bonds is 15. The lowest BCUT2D eigenvalue weighted by molar-refractivity contribution is -0.267. The fraction of sp³-hybridized carbons (Fsp3) is 0.667. The molecule has 0 aromatic heterocycles. The number of nitrogen functional groups attached to an aromatic ring is 1. The van der Waals surface area contributed by atoms with Crippen molar-refractivity contribution in [3.8, 4) is 0 Å². The molecule has 434 valence electrons. The third-order valence-corrected chi connectivity index (χ3v) is 16.9. The summed E-state index contributed by atoms with van der Waals surface area (Å²) in [6.45, 7) is 18.4. The SMILES string of the molecule is CC[C@H]1C[C@H](C)[C@@]2(NC1=O)O[C@H](C[C@H](O)[C@@H](C)CC/C=C\C=C(/C)[C@@H]1C/C=C/C=C/[C@H](O)[C@H](C)[C@@H](O)[C@@H](CCC(C)=O)C(=O)N[C@@H](C(C)C)C(=O)N[C@@H](Cc3cccc(N)c3)C(=O)N3CCCC(N3)C(=O)O1)[C@H](C)[C@H](O)[C@@H]2C. The fourth-order valence-electron chi connectivity index (χ4n) is 11.4. The lowest BCUT2D eigenvalue weighted by atomic mass is 9.69.